The van der Waals surface area contributed by atoms with Gasteiger partial charge in [-0.1, -0.05) is 0 Å². The fourth-order valence-corrected chi connectivity index (χ4v) is 2.17. The molecule has 0 aliphatic rings. The van der Waals surface area contributed by atoms with E-state index in [1.807, 2.05) is 0 Å². The molecule has 1 aromatic rings. The van der Waals surface area contributed by atoms with E-state index in [2.05, 4.69) is 15.0 Å². The normalized spacial score (nSPS) is 10.0. The van der Waals surface area contributed by atoms with E-state index >= 15 is 0 Å². The molecule has 0 saturated carbocycles. The number of amides is 2. The topological polar surface area (TPSA) is 109 Å². The minimum atomic E-state index is -1.07. The number of aromatic carboxylic acids is 1. The van der Waals surface area contributed by atoms with Crippen molar-refractivity contribution in [2.75, 3.05) is 27.2 Å². The Kier molecular flexibility index (Phi) is 6.60. The number of urea groups is 1. The summed E-state index contributed by atoms with van der Waals surface area (Å²) in [5.41, 5.74) is 0.0107. The van der Waals surface area contributed by atoms with E-state index < -0.39 is 5.97 Å². The summed E-state index contributed by atoms with van der Waals surface area (Å²) in [4.78, 5) is 38.6. The molecule has 0 fully saturated rings. The minimum Gasteiger partial charge on any atom is -0.476 e. The SMILES string of the molecule is COC(=O)CCN(C)C(=O)NCCc1nc(C(=O)O)cs1. The van der Waals surface area contributed by atoms with E-state index in [1.54, 1.807) is 7.05 Å². The van der Waals surface area contributed by atoms with Gasteiger partial charge in [-0.25, -0.2) is 14.6 Å². The molecule has 0 aromatic carbocycles. The predicted molar refractivity (Wildman–Crippen MR) is 75.4 cm³/mol. The smallest absolute Gasteiger partial charge is 0.355 e. The van der Waals surface area contributed by atoms with Crippen LogP contribution in [-0.4, -0.2) is 60.2 Å². The first-order valence-electron chi connectivity index (χ1n) is 6.17. The van der Waals surface area contributed by atoms with Gasteiger partial charge in [-0.3, -0.25) is 4.79 Å². The van der Waals surface area contributed by atoms with Crippen LogP contribution >= 0.6 is 11.3 Å². The molecule has 0 aliphatic heterocycles. The summed E-state index contributed by atoms with van der Waals surface area (Å²) in [5, 5.41) is 13.5. The third-order valence-electron chi connectivity index (χ3n) is 2.61. The number of esters is 1. The third-order valence-corrected chi connectivity index (χ3v) is 3.52. The molecule has 1 heterocycles. The van der Waals surface area contributed by atoms with Gasteiger partial charge in [0.25, 0.3) is 0 Å². The van der Waals surface area contributed by atoms with Crippen LogP contribution in [0.3, 0.4) is 0 Å². The van der Waals surface area contributed by atoms with Gasteiger partial charge < -0.3 is 20.1 Å². The van der Waals surface area contributed by atoms with Crippen molar-refractivity contribution >= 4 is 29.3 Å². The van der Waals surface area contributed by atoms with Crippen LogP contribution in [0.1, 0.15) is 21.9 Å². The largest absolute Gasteiger partial charge is 0.476 e. The first-order chi connectivity index (χ1) is 9.93. The summed E-state index contributed by atoms with van der Waals surface area (Å²) >= 11 is 1.24. The summed E-state index contributed by atoms with van der Waals surface area (Å²) in [5.74, 6) is -1.44. The van der Waals surface area contributed by atoms with E-state index in [1.165, 1.54) is 28.7 Å². The van der Waals surface area contributed by atoms with Crippen molar-refractivity contribution in [3.05, 3.63) is 16.1 Å². The van der Waals surface area contributed by atoms with E-state index in [0.717, 1.165) is 0 Å². The zero-order chi connectivity index (χ0) is 15.8. The Hall–Kier alpha value is -2.16. The second-order valence-electron chi connectivity index (χ2n) is 4.16. The quantitative estimate of drug-likeness (QED) is 0.713. The van der Waals surface area contributed by atoms with Gasteiger partial charge in [-0.2, -0.15) is 0 Å². The molecule has 2 N–H and O–H groups in total. The zero-order valence-corrected chi connectivity index (χ0v) is 12.6. The van der Waals surface area contributed by atoms with Crippen molar-refractivity contribution in [3.8, 4) is 0 Å². The number of nitrogens with zero attached hydrogens (tertiary/aromatic N) is 2. The van der Waals surface area contributed by atoms with Gasteiger partial charge in [0.05, 0.1) is 18.5 Å². The van der Waals surface area contributed by atoms with Gasteiger partial charge >= 0.3 is 18.0 Å². The molecule has 1 aromatic heterocycles. The molecular formula is C12H17N3O5S. The van der Waals surface area contributed by atoms with Gasteiger partial charge in [0.2, 0.25) is 0 Å². The number of rotatable bonds is 7. The van der Waals surface area contributed by atoms with E-state index in [0.29, 0.717) is 18.0 Å². The van der Waals surface area contributed by atoms with Gasteiger partial charge in [-0.15, -0.1) is 11.3 Å². The highest BCUT2D eigenvalue weighted by molar-refractivity contribution is 7.09. The second-order valence-corrected chi connectivity index (χ2v) is 5.10. The predicted octanol–water partition coefficient (Wildman–Crippen LogP) is 0.588. The van der Waals surface area contributed by atoms with Crippen LogP contribution < -0.4 is 5.32 Å². The molecule has 0 radical (unpaired) electrons. The summed E-state index contributed by atoms with van der Waals surface area (Å²) in [6.45, 7) is 0.604. The Balaban J connectivity index is 2.28. The molecule has 2 amide bonds. The number of carboxylic acids is 1. The highest BCUT2D eigenvalue weighted by Gasteiger charge is 2.11. The maximum atomic E-state index is 11.7. The molecule has 9 heteroatoms. The zero-order valence-electron chi connectivity index (χ0n) is 11.8. The molecule has 0 bridgehead atoms. The third kappa shape index (κ3) is 5.78. The maximum Gasteiger partial charge on any atom is 0.355 e. The summed E-state index contributed by atoms with van der Waals surface area (Å²) in [6.07, 6.45) is 0.587. The lowest BCUT2D eigenvalue weighted by Crippen LogP contribution is -2.39. The molecule has 21 heavy (non-hydrogen) atoms. The number of hydrogen-bond acceptors (Lipinski definition) is 6. The van der Waals surface area contributed by atoms with Crippen LogP contribution in [-0.2, 0) is 16.0 Å². The number of hydrogen-bond donors (Lipinski definition) is 2. The first-order valence-corrected chi connectivity index (χ1v) is 7.05. The van der Waals surface area contributed by atoms with Crippen LogP contribution in [0.15, 0.2) is 5.38 Å². The summed E-state index contributed by atoms with van der Waals surface area (Å²) in [6, 6.07) is -0.311. The second kappa shape index (κ2) is 8.20. The lowest BCUT2D eigenvalue weighted by molar-refractivity contribution is -0.140. The van der Waals surface area contributed by atoms with Crippen molar-refractivity contribution in [2.45, 2.75) is 12.8 Å². The number of methoxy groups -OCH3 is 1. The van der Waals surface area contributed by atoms with Gasteiger partial charge in [0.15, 0.2) is 5.69 Å². The number of thiazole rings is 1. The molecule has 0 aliphatic carbocycles. The van der Waals surface area contributed by atoms with Gasteiger partial charge in [0.1, 0.15) is 0 Å². The average Bonchev–Trinajstić information content (AvgIpc) is 2.93. The minimum absolute atomic E-state index is 0.0107. The monoisotopic (exact) mass is 315 g/mol. The molecular weight excluding hydrogens is 298 g/mol. The molecule has 116 valence electrons. The van der Waals surface area contributed by atoms with Gasteiger partial charge in [0, 0.05) is 31.9 Å². The average molecular weight is 315 g/mol. The van der Waals surface area contributed by atoms with Crippen molar-refractivity contribution in [1.82, 2.24) is 15.2 Å². The maximum absolute atomic E-state index is 11.7. The Morgan fingerprint density at radius 2 is 2.19 bits per heavy atom. The number of carbonyl (C=O) groups is 3. The lowest BCUT2D eigenvalue weighted by atomic mass is 10.4. The Morgan fingerprint density at radius 3 is 2.76 bits per heavy atom. The van der Waals surface area contributed by atoms with Crippen LogP contribution in [0.2, 0.25) is 0 Å². The van der Waals surface area contributed by atoms with Crippen molar-refractivity contribution in [3.63, 3.8) is 0 Å². The van der Waals surface area contributed by atoms with Crippen molar-refractivity contribution in [2.24, 2.45) is 0 Å². The van der Waals surface area contributed by atoms with Gasteiger partial charge in [-0.05, 0) is 0 Å². The van der Waals surface area contributed by atoms with E-state index in [9.17, 15) is 14.4 Å². The molecule has 0 atom stereocenters. The van der Waals surface area contributed by atoms with Crippen LogP contribution in [0, 0.1) is 0 Å². The van der Waals surface area contributed by atoms with Crippen LogP contribution in [0.5, 0.6) is 0 Å². The van der Waals surface area contributed by atoms with Crippen molar-refractivity contribution in [1.29, 1.82) is 0 Å². The number of carboxylic acid groups (broad SMARTS) is 1. The first kappa shape index (κ1) is 16.9. The Labute approximate surface area is 125 Å². The Bertz CT molecular complexity index is 517. The number of ether oxygens (including phenoxy) is 1. The fraction of sp³-hybridized carbons (Fsp3) is 0.500. The molecule has 8 nitrogen and oxygen atoms in total. The molecule has 0 unspecified atom stereocenters. The standard InChI is InChI=1S/C12H17N3O5S/c1-15(6-4-10(16)20-2)12(19)13-5-3-9-14-8(7-21-9)11(17)18/h7H,3-6H2,1-2H3,(H,13,19)(H,17,18). The molecule has 0 spiro atoms. The fourth-order valence-electron chi connectivity index (χ4n) is 1.40. The van der Waals surface area contributed by atoms with E-state index in [4.69, 9.17) is 5.11 Å². The number of nitrogens with one attached hydrogen (secondary N) is 1. The molecule has 1 rings (SSSR count). The lowest BCUT2D eigenvalue weighted by Gasteiger charge is -2.16. The number of carbonyl (C=O) groups excluding carboxylic acids is 2. The highest BCUT2D eigenvalue weighted by Crippen LogP contribution is 2.09. The number of aromatic nitrogens is 1. The highest BCUT2D eigenvalue weighted by atomic mass is 32.1. The molecule has 0 saturated heterocycles. The van der Waals surface area contributed by atoms with Crippen LogP contribution in [0.4, 0.5) is 4.79 Å². The summed E-state index contributed by atoms with van der Waals surface area (Å²) < 4.78 is 4.49. The Morgan fingerprint density at radius 1 is 1.48 bits per heavy atom. The van der Waals surface area contributed by atoms with E-state index in [-0.39, 0.29) is 30.7 Å². The van der Waals surface area contributed by atoms with Crippen LogP contribution in [0.25, 0.3) is 0 Å². The summed E-state index contributed by atoms with van der Waals surface area (Å²) in [7, 11) is 2.87. The van der Waals surface area contributed by atoms with Crippen molar-refractivity contribution < 1.29 is 24.2 Å².